The number of carbonyl (C=O) groups is 1. The van der Waals surface area contributed by atoms with Crippen molar-refractivity contribution >= 4 is 6.03 Å². The lowest BCUT2D eigenvalue weighted by atomic mass is 10.2. The highest BCUT2D eigenvalue weighted by molar-refractivity contribution is 5.74. The van der Waals surface area contributed by atoms with Gasteiger partial charge < -0.3 is 15.5 Å². The summed E-state index contributed by atoms with van der Waals surface area (Å²) in [5.41, 5.74) is 0. The van der Waals surface area contributed by atoms with Crippen LogP contribution in [0.15, 0.2) is 0 Å². The number of urea groups is 1. The number of nitrogens with one attached hydrogen (secondary N) is 2. The van der Waals surface area contributed by atoms with E-state index >= 15 is 0 Å². The third kappa shape index (κ3) is 5.15. The van der Waals surface area contributed by atoms with E-state index in [1.807, 2.05) is 0 Å². The second-order valence-electron chi connectivity index (χ2n) is 6.89. The van der Waals surface area contributed by atoms with Gasteiger partial charge in [-0.2, -0.15) is 0 Å². The summed E-state index contributed by atoms with van der Waals surface area (Å²) in [5.74, 6) is 0. The highest BCUT2D eigenvalue weighted by Gasteiger charge is 2.25. The van der Waals surface area contributed by atoms with Gasteiger partial charge in [0.2, 0.25) is 0 Å². The molecule has 5 heteroatoms. The van der Waals surface area contributed by atoms with E-state index < -0.39 is 0 Å². The Morgan fingerprint density at radius 2 is 2.00 bits per heavy atom. The third-order valence-electron chi connectivity index (χ3n) is 4.98. The van der Waals surface area contributed by atoms with Crippen LogP contribution in [0.25, 0.3) is 0 Å². The maximum Gasteiger partial charge on any atom is 0.315 e. The summed E-state index contributed by atoms with van der Waals surface area (Å²) in [6, 6.07) is 1.59. The van der Waals surface area contributed by atoms with Crippen LogP contribution in [0.2, 0.25) is 0 Å². The predicted molar refractivity (Wildman–Crippen MR) is 86.5 cm³/mol. The Bertz CT molecular complexity index is 328. The molecule has 2 aliphatic rings. The molecule has 0 spiro atoms. The lowest BCUT2D eigenvalue weighted by Gasteiger charge is -2.24. The van der Waals surface area contributed by atoms with E-state index in [-0.39, 0.29) is 6.03 Å². The average Bonchev–Trinajstić information content (AvgIpc) is 3.09. The number of amides is 2. The second kappa shape index (κ2) is 7.99. The Hall–Kier alpha value is -0.810. The zero-order valence-corrected chi connectivity index (χ0v) is 13.9. The standard InChI is InChI=1S/C16H32N4O/c1-13(2)20-10-8-14(12-20)18-16(21)17-9-11-19(3)15-6-4-5-7-15/h13-15H,4-12H2,1-3H3,(H2,17,18,21). The van der Waals surface area contributed by atoms with Gasteiger partial charge in [-0.1, -0.05) is 12.8 Å². The molecule has 2 N–H and O–H groups in total. The summed E-state index contributed by atoms with van der Waals surface area (Å²) in [5, 5.41) is 6.09. The molecule has 2 rings (SSSR count). The molecule has 1 aliphatic heterocycles. The van der Waals surface area contributed by atoms with Gasteiger partial charge in [0.15, 0.2) is 0 Å². The molecule has 1 heterocycles. The normalized spacial score (nSPS) is 24.1. The fourth-order valence-corrected chi connectivity index (χ4v) is 3.48. The Labute approximate surface area is 129 Å². The molecule has 2 fully saturated rings. The first-order chi connectivity index (χ1) is 10.1. The molecule has 21 heavy (non-hydrogen) atoms. The monoisotopic (exact) mass is 296 g/mol. The average molecular weight is 296 g/mol. The number of nitrogens with zero attached hydrogens (tertiary/aromatic N) is 2. The van der Waals surface area contributed by atoms with E-state index in [0.29, 0.717) is 12.1 Å². The van der Waals surface area contributed by atoms with Gasteiger partial charge in [0.25, 0.3) is 0 Å². The number of hydrogen-bond donors (Lipinski definition) is 2. The number of rotatable bonds is 6. The fourth-order valence-electron chi connectivity index (χ4n) is 3.48. The van der Waals surface area contributed by atoms with Crippen LogP contribution in [0.5, 0.6) is 0 Å². The van der Waals surface area contributed by atoms with E-state index in [9.17, 15) is 4.79 Å². The van der Waals surface area contributed by atoms with Crippen LogP contribution in [0, 0.1) is 0 Å². The molecule has 1 saturated heterocycles. The fraction of sp³-hybridized carbons (Fsp3) is 0.938. The van der Waals surface area contributed by atoms with Crippen molar-refractivity contribution in [3.63, 3.8) is 0 Å². The summed E-state index contributed by atoms with van der Waals surface area (Å²) in [6.45, 7) is 8.17. The third-order valence-corrected chi connectivity index (χ3v) is 4.98. The first-order valence-electron chi connectivity index (χ1n) is 8.55. The smallest absolute Gasteiger partial charge is 0.315 e. The molecule has 1 aliphatic carbocycles. The SMILES string of the molecule is CC(C)N1CCC(NC(=O)NCCN(C)C2CCCC2)C1. The van der Waals surface area contributed by atoms with E-state index in [0.717, 1.165) is 38.6 Å². The minimum atomic E-state index is -0.00886. The van der Waals surface area contributed by atoms with E-state index in [1.165, 1.54) is 25.7 Å². The number of likely N-dealkylation sites (N-methyl/N-ethyl adjacent to an activating group) is 1. The van der Waals surface area contributed by atoms with E-state index in [2.05, 4.69) is 41.3 Å². The van der Waals surface area contributed by atoms with Crippen molar-refractivity contribution in [1.29, 1.82) is 0 Å². The number of likely N-dealkylation sites (tertiary alicyclic amines) is 1. The Morgan fingerprint density at radius 3 is 2.62 bits per heavy atom. The lowest BCUT2D eigenvalue weighted by Crippen LogP contribution is -2.46. The number of carbonyl (C=O) groups excluding carboxylic acids is 1. The van der Waals surface area contributed by atoms with Crippen LogP contribution < -0.4 is 10.6 Å². The maximum absolute atomic E-state index is 11.9. The largest absolute Gasteiger partial charge is 0.337 e. The molecule has 0 aromatic carbocycles. The van der Waals surface area contributed by atoms with Crippen molar-refractivity contribution in [3.8, 4) is 0 Å². The molecule has 1 atom stereocenters. The van der Waals surface area contributed by atoms with Crippen LogP contribution >= 0.6 is 0 Å². The first kappa shape index (κ1) is 16.6. The summed E-state index contributed by atoms with van der Waals surface area (Å²) in [7, 11) is 2.17. The van der Waals surface area contributed by atoms with Gasteiger partial charge in [0.05, 0.1) is 0 Å². The summed E-state index contributed by atoms with van der Waals surface area (Å²) in [4.78, 5) is 16.7. The second-order valence-corrected chi connectivity index (χ2v) is 6.89. The topological polar surface area (TPSA) is 47.6 Å². The van der Waals surface area contributed by atoms with Crippen molar-refractivity contribution in [2.75, 3.05) is 33.2 Å². The molecule has 2 amide bonds. The van der Waals surface area contributed by atoms with Gasteiger partial charge in [0.1, 0.15) is 0 Å². The first-order valence-corrected chi connectivity index (χ1v) is 8.55. The lowest BCUT2D eigenvalue weighted by molar-refractivity contribution is 0.224. The molecule has 1 unspecified atom stereocenters. The highest BCUT2D eigenvalue weighted by Crippen LogP contribution is 2.21. The van der Waals surface area contributed by atoms with E-state index in [1.54, 1.807) is 0 Å². The molecular weight excluding hydrogens is 264 g/mol. The summed E-state index contributed by atoms with van der Waals surface area (Å²) >= 11 is 0. The Morgan fingerprint density at radius 1 is 1.29 bits per heavy atom. The predicted octanol–water partition coefficient (Wildman–Crippen LogP) is 1.64. The van der Waals surface area contributed by atoms with Crippen molar-refractivity contribution in [2.45, 2.75) is 64.1 Å². The van der Waals surface area contributed by atoms with Gasteiger partial charge in [0, 0.05) is 44.3 Å². The molecule has 0 aromatic heterocycles. The van der Waals surface area contributed by atoms with Crippen molar-refractivity contribution in [1.82, 2.24) is 20.4 Å². The highest BCUT2D eigenvalue weighted by atomic mass is 16.2. The maximum atomic E-state index is 11.9. The van der Waals surface area contributed by atoms with Crippen LogP contribution in [0.1, 0.15) is 46.0 Å². The van der Waals surface area contributed by atoms with Gasteiger partial charge in [-0.3, -0.25) is 4.90 Å². The van der Waals surface area contributed by atoms with Crippen LogP contribution in [-0.4, -0.2) is 67.2 Å². The minimum absolute atomic E-state index is 0.00886. The van der Waals surface area contributed by atoms with Gasteiger partial charge in [-0.25, -0.2) is 4.79 Å². The quantitative estimate of drug-likeness (QED) is 0.783. The zero-order valence-electron chi connectivity index (χ0n) is 13.9. The van der Waals surface area contributed by atoms with Crippen molar-refractivity contribution < 1.29 is 4.79 Å². The van der Waals surface area contributed by atoms with E-state index in [4.69, 9.17) is 0 Å². The number of hydrogen-bond acceptors (Lipinski definition) is 3. The molecule has 122 valence electrons. The molecule has 0 bridgehead atoms. The van der Waals surface area contributed by atoms with Crippen molar-refractivity contribution in [3.05, 3.63) is 0 Å². The van der Waals surface area contributed by atoms with Crippen molar-refractivity contribution in [2.24, 2.45) is 0 Å². The minimum Gasteiger partial charge on any atom is -0.337 e. The van der Waals surface area contributed by atoms with Crippen LogP contribution in [0.4, 0.5) is 4.79 Å². The molecular formula is C16H32N4O. The Balaban J connectivity index is 1.57. The molecule has 0 radical (unpaired) electrons. The van der Waals surface area contributed by atoms with Gasteiger partial charge in [-0.05, 0) is 40.2 Å². The van der Waals surface area contributed by atoms with Gasteiger partial charge in [-0.15, -0.1) is 0 Å². The summed E-state index contributed by atoms with van der Waals surface area (Å²) < 4.78 is 0. The van der Waals surface area contributed by atoms with Gasteiger partial charge >= 0.3 is 6.03 Å². The molecule has 5 nitrogen and oxygen atoms in total. The Kier molecular flexibility index (Phi) is 6.30. The molecule has 0 aromatic rings. The zero-order chi connectivity index (χ0) is 15.2. The van der Waals surface area contributed by atoms with Crippen LogP contribution in [0.3, 0.4) is 0 Å². The molecule has 1 saturated carbocycles. The van der Waals surface area contributed by atoms with Crippen LogP contribution in [-0.2, 0) is 0 Å². The summed E-state index contributed by atoms with van der Waals surface area (Å²) in [6.07, 6.45) is 6.41.